The molecule has 0 radical (unpaired) electrons. The Labute approximate surface area is 227 Å². The molecule has 3 atom stereocenters. The van der Waals surface area contributed by atoms with Crippen LogP contribution in [0, 0.1) is 23.2 Å². The number of carbonyl (C=O) groups is 2. The Bertz CT molecular complexity index is 1160. The van der Waals surface area contributed by atoms with Crippen LogP contribution in [0.25, 0.3) is 0 Å². The fourth-order valence-electron chi connectivity index (χ4n) is 5.22. The monoisotopic (exact) mass is 544 g/mol. The Balaban J connectivity index is 1.49. The molecule has 2 amide bonds. The highest BCUT2D eigenvalue weighted by molar-refractivity contribution is 6.42. The third-order valence-electron chi connectivity index (χ3n) is 7.29. The van der Waals surface area contributed by atoms with Gasteiger partial charge in [0.2, 0.25) is 17.7 Å². The summed E-state index contributed by atoms with van der Waals surface area (Å²) >= 11 is 12.5. The van der Waals surface area contributed by atoms with Crippen LogP contribution < -0.4 is 4.74 Å². The number of piperidine rings is 1. The lowest BCUT2D eigenvalue weighted by molar-refractivity contribution is -0.142. The van der Waals surface area contributed by atoms with Crippen molar-refractivity contribution >= 4 is 35.0 Å². The van der Waals surface area contributed by atoms with E-state index in [0.717, 1.165) is 5.56 Å². The average Bonchev–Trinajstić information content (AvgIpc) is 3.36. The van der Waals surface area contributed by atoms with Crippen molar-refractivity contribution in [2.24, 2.45) is 11.8 Å². The molecule has 0 bridgehead atoms. The fourth-order valence-corrected chi connectivity index (χ4v) is 5.53. The van der Waals surface area contributed by atoms with Crippen LogP contribution in [0.3, 0.4) is 0 Å². The summed E-state index contributed by atoms with van der Waals surface area (Å²) in [6.45, 7) is 4.21. The predicted molar refractivity (Wildman–Crippen MR) is 139 cm³/mol. The van der Waals surface area contributed by atoms with Crippen molar-refractivity contribution in [2.75, 3.05) is 39.9 Å². The Kier molecular flexibility index (Phi) is 8.91. The number of halogens is 2. The van der Waals surface area contributed by atoms with Crippen molar-refractivity contribution in [3.63, 3.8) is 0 Å². The second kappa shape index (κ2) is 12.1. The molecule has 1 aromatic carbocycles. The number of ether oxygens (including phenoxy) is 2. The van der Waals surface area contributed by atoms with Crippen molar-refractivity contribution in [3.05, 3.63) is 57.7 Å². The van der Waals surface area contributed by atoms with E-state index >= 15 is 0 Å². The summed E-state index contributed by atoms with van der Waals surface area (Å²) in [5.74, 6) is 0.345. The van der Waals surface area contributed by atoms with Crippen molar-refractivity contribution in [1.29, 1.82) is 5.26 Å². The van der Waals surface area contributed by atoms with E-state index in [1.807, 2.05) is 24.0 Å². The Morgan fingerprint density at radius 2 is 1.89 bits per heavy atom. The molecule has 4 rings (SSSR count). The number of methoxy groups -OCH3 is 1. The second-order valence-electron chi connectivity index (χ2n) is 9.60. The number of aromatic nitrogens is 1. The molecule has 0 N–H and O–H groups in total. The molecule has 2 aliphatic rings. The standard InChI is InChI=1S/C27H30Cl2N4O4/c1-17(37-25-6-3-18(12-30)13-31-25)21-14-33(15-22(21)20-4-5-23(28)24(29)11-20)27(35)19-7-9-32(10-8-19)26(34)16-36-2/h3-6,11,13,17,19,21-22H,7-10,14-16H2,1-2H3/t17-,21?,22+/m0/s1. The number of hydrogen-bond donors (Lipinski definition) is 0. The van der Waals surface area contributed by atoms with E-state index in [4.69, 9.17) is 37.9 Å². The van der Waals surface area contributed by atoms with Crippen molar-refractivity contribution in [1.82, 2.24) is 14.8 Å². The predicted octanol–water partition coefficient (Wildman–Crippen LogP) is 4.15. The molecule has 1 unspecified atom stereocenters. The summed E-state index contributed by atoms with van der Waals surface area (Å²) in [5.41, 5.74) is 1.46. The molecule has 10 heteroatoms. The first-order valence-corrected chi connectivity index (χ1v) is 13.1. The Morgan fingerprint density at radius 1 is 1.14 bits per heavy atom. The molecule has 2 fully saturated rings. The lowest BCUT2D eigenvalue weighted by atomic mass is 9.86. The summed E-state index contributed by atoms with van der Waals surface area (Å²) in [6, 6.07) is 11.0. The third kappa shape index (κ3) is 6.35. The van der Waals surface area contributed by atoms with Crippen LogP contribution in [0.5, 0.6) is 5.88 Å². The molecule has 2 aliphatic heterocycles. The van der Waals surface area contributed by atoms with Crippen molar-refractivity contribution in [3.8, 4) is 11.9 Å². The van der Waals surface area contributed by atoms with Gasteiger partial charge < -0.3 is 19.3 Å². The highest BCUT2D eigenvalue weighted by Crippen LogP contribution is 2.39. The van der Waals surface area contributed by atoms with E-state index in [1.54, 1.807) is 23.1 Å². The van der Waals surface area contributed by atoms with Crippen molar-refractivity contribution < 1.29 is 19.1 Å². The number of carbonyl (C=O) groups excluding carboxylic acids is 2. The van der Waals surface area contributed by atoms with Crippen LogP contribution in [-0.4, -0.2) is 72.6 Å². The maximum Gasteiger partial charge on any atom is 0.248 e. The van der Waals surface area contributed by atoms with E-state index < -0.39 is 0 Å². The van der Waals surface area contributed by atoms with Gasteiger partial charge in [0, 0.05) is 63.3 Å². The van der Waals surface area contributed by atoms with Gasteiger partial charge in [-0.25, -0.2) is 4.98 Å². The van der Waals surface area contributed by atoms with Gasteiger partial charge >= 0.3 is 0 Å². The van der Waals surface area contributed by atoms with Gasteiger partial charge in [-0.2, -0.15) is 5.26 Å². The molecule has 3 heterocycles. The van der Waals surface area contributed by atoms with Gasteiger partial charge in [0.1, 0.15) is 18.8 Å². The first-order valence-electron chi connectivity index (χ1n) is 12.3. The van der Waals surface area contributed by atoms with Crippen LogP contribution in [-0.2, 0) is 14.3 Å². The number of likely N-dealkylation sites (tertiary alicyclic amines) is 2. The maximum absolute atomic E-state index is 13.6. The molecular weight excluding hydrogens is 515 g/mol. The molecule has 8 nitrogen and oxygen atoms in total. The first-order chi connectivity index (χ1) is 17.8. The minimum atomic E-state index is -0.258. The van der Waals surface area contributed by atoms with Crippen LogP contribution >= 0.6 is 23.2 Å². The summed E-state index contributed by atoms with van der Waals surface area (Å²) in [5, 5.41) is 9.98. The Hall–Kier alpha value is -2.86. The lowest BCUT2D eigenvalue weighted by Crippen LogP contribution is -2.45. The van der Waals surface area contributed by atoms with Crippen LogP contribution in [0.2, 0.25) is 10.0 Å². The molecular formula is C27H30Cl2N4O4. The number of hydrogen-bond acceptors (Lipinski definition) is 6. The Morgan fingerprint density at radius 3 is 2.51 bits per heavy atom. The normalized spacial score (nSPS) is 20.9. The average molecular weight is 545 g/mol. The summed E-state index contributed by atoms with van der Waals surface area (Å²) in [7, 11) is 1.50. The fraction of sp³-hybridized carbons (Fsp3) is 0.481. The number of pyridine rings is 1. The minimum absolute atomic E-state index is 0.00420. The van der Waals surface area contributed by atoms with Gasteiger partial charge in [-0.1, -0.05) is 29.3 Å². The van der Waals surface area contributed by atoms with E-state index in [2.05, 4.69) is 11.1 Å². The zero-order valence-corrected chi connectivity index (χ0v) is 22.4. The molecule has 37 heavy (non-hydrogen) atoms. The smallest absolute Gasteiger partial charge is 0.248 e. The van der Waals surface area contributed by atoms with E-state index in [1.165, 1.54) is 13.3 Å². The van der Waals surface area contributed by atoms with Crippen LogP contribution in [0.4, 0.5) is 0 Å². The van der Waals surface area contributed by atoms with Crippen LogP contribution in [0.1, 0.15) is 36.8 Å². The van der Waals surface area contributed by atoms with Gasteiger partial charge in [0.15, 0.2) is 0 Å². The highest BCUT2D eigenvalue weighted by atomic mass is 35.5. The van der Waals surface area contributed by atoms with Gasteiger partial charge in [-0.3, -0.25) is 9.59 Å². The van der Waals surface area contributed by atoms with Gasteiger partial charge in [0.05, 0.1) is 15.6 Å². The SMILES string of the molecule is COCC(=O)N1CCC(C(=O)N2CC([C@H](C)Oc3ccc(C#N)cn3)[C@@H](c3ccc(Cl)c(Cl)c3)C2)CC1. The maximum atomic E-state index is 13.6. The topological polar surface area (TPSA) is 95.8 Å². The molecule has 2 saturated heterocycles. The van der Waals surface area contributed by atoms with E-state index in [0.29, 0.717) is 60.5 Å². The highest BCUT2D eigenvalue weighted by Gasteiger charge is 2.42. The molecule has 2 aromatic rings. The largest absolute Gasteiger partial charge is 0.474 e. The molecule has 0 spiro atoms. The van der Waals surface area contributed by atoms with Crippen LogP contribution in [0.15, 0.2) is 36.5 Å². The second-order valence-corrected chi connectivity index (χ2v) is 10.4. The molecule has 196 valence electrons. The van der Waals surface area contributed by atoms with Gasteiger partial charge in [-0.15, -0.1) is 0 Å². The summed E-state index contributed by atoms with van der Waals surface area (Å²) in [6.07, 6.45) is 2.49. The van der Waals surface area contributed by atoms with E-state index in [9.17, 15) is 9.59 Å². The zero-order chi connectivity index (χ0) is 26.5. The third-order valence-corrected chi connectivity index (χ3v) is 8.03. The van der Waals surface area contributed by atoms with Crippen molar-refractivity contribution in [2.45, 2.75) is 31.8 Å². The minimum Gasteiger partial charge on any atom is -0.474 e. The number of rotatable bonds is 7. The molecule has 0 aliphatic carbocycles. The lowest BCUT2D eigenvalue weighted by Gasteiger charge is -2.33. The zero-order valence-electron chi connectivity index (χ0n) is 20.9. The first kappa shape index (κ1) is 27.2. The summed E-state index contributed by atoms with van der Waals surface area (Å²) < 4.78 is 11.1. The molecule has 0 saturated carbocycles. The quantitative estimate of drug-likeness (QED) is 0.519. The van der Waals surface area contributed by atoms with Gasteiger partial charge in [-0.05, 0) is 43.5 Å². The number of nitrogens with zero attached hydrogens (tertiary/aromatic N) is 4. The number of benzene rings is 1. The number of amides is 2. The molecule has 1 aromatic heterocycles. The van der Waals surface area contributed by atoms with Gasteiger partial charge in [0.25, 0.3) is 0 Å². The summed E-state index contributed by atoms with van der Waals surface area (Å²) in [4.78, 5) is 33.6. The number of nitriles is 1. The van der Waals surface area contributed by atoms with E-state index in [-0.39, 0.29) is 42.3 Å².